The summed E-state index contributed by atoms with van der Waals surface area (Å²) in [5, 5.41) is 2.91. The van der Waals surface area contributed by atoms with Gasteiger partial charge in [0.2, 0.25) is 11.8 Å². The van der Waals surface area contributed by atoms with Gasteiger partial charge in [0, 0.05) is 32.1 Å². The van der Waals surface area contributed by atoms with Crippen LogP contribution in [0.4, 0.5) is 5.69 Å². The van der Waals surface area contributed by atoms with Crippen LogP contribution in [0.5, 0.6) is 5.75 Å². The molecule has 0 heterocycles. The lowest BCUT2D eigenvalue weighted by molar-refractivity contribution is -0.121. The number of anilines is 1. The third kappa shape index (κ3) is 5.62. The summed E-state index contributed by atoms with van der Waals surface area (Å²) in [5.74, 6) is 0.696. The van der Waals surface area contributed by atoms with Crippen LogP contribution in [0, 0.1) is 6.92 Å². The fraction of sp³-hybridized carbons (Fsp3) is 0.333. The van der Waals surface area contributed by atoms with Crippen molar-refractivity contribution in [1.29, 1.82) is 0 Å². The smallest absolute Gasteiger partial charge is 0.223 e. The normalized spacial score (nSPS) is 10.3. The second kappa shape index (κ2) is 9.61. The minimum Gasteiger partial charge on any atom is -0.497 e. The van der Waals surface area contributed by atoms with Gasteiger partial charge in [0.25, 0.3) is 0 Å². The Hall–Kier alpha value is -2.82. The highest BCUT2D eigenvalue weighted by atomic mass is 16.5. The summed E-state index contributed by atoms with van der Waals surface area (Å²) in [6.07, 6.45) is 1.03. The van der Waals surface area contributed by atoms with Crippen molar-refractivity contribution >= 4 is 17.5 Å². The number of para-hydroxylation sites is 1. The number of methoxy groups -OCH3 is 1. The van der Waals surface area contributed by atoms with Gasteiger partial charge in [-0.2, -0.15) is 0 Å². The molecule has 1 N–H and O–H groups in total. The number of nitrogens with one attached hydrogen (secondary N) is 1. The molecule has 0 aliphatic heterocycles. The SMILES string of the molecule is COc1ccc(CCNC(=O)CCN(C(C)=O)c2ccccc2C)cc1. The molecular formula is C21H26N2O3. The maximum atomic E-state index is 12.1. The molecule has 0 fully saturated rings. The molecule has 5 heteroatoms. The molecule has 2 aromatic carbocycles. The van der Waals surface area contributed by atoms with E-state index in [0.29, 0.717) is 13.1 Å². The van der Waals surface area contributed by atoms with E-state index in [1.54, 1.807) is 12.0 Å². The first-order valence-corrected chi connectivity index (χ1v) is 8.74. The predicted octanol–water partition coefficient (Wildman–Crippen LogP) is 3.11. The number of benzene rings is 2. The van der Waals surface area contributed by atoms with Crippen LogP contribution in [-0.4, -0.2) is 32.0 Å². The average Bonchev–Trinajstić information content (AvgIpc) is 2.63. The Bertz CT molecular complexity index is 741. The molecule has 0 radical (unpaired) electrons. The lowest BCUT2D eigenvalue weighted by atomic mass is 10.1. The monoisotopic (exact) mass is 354 g/mol. The van der Waals surface area contributed by atoms with Crippen LogP contribution in [0.3, 0.4) is 0 Å². The number of carbonyl (C=O) groups excluding carboxylic acids is 2. The van der Waals surface area contributed by atoms with E-state index in [4.69, 9.17) is 4.74 Å². The minimum absolute atomic E-state index is 0.0571. The first-order chi connectivity index (χ1) is 12.5. The van der Waals surface area contributed by atoms with E-state index in [1.165, 1.54) is 6.92 Å². The number of aryl methyl sites for hydroxylation is 1. The van der Waals surface area contributed by atoms with E-state index >= 15 is 0 Å². The number of hydrogen-bond donors (Lipinski definition) is 1. The zero-order valence-corrected chi connectivity index (χ0v) is 15.6. The van der Waals surface area contributed by atoms with Gasteiger partial charge in [0.05, 0.1) is 7.11 Å². The summed E-state index contributed by atoms with van der Waals surface area (Å²) in [6, 6.07) is 15.5. The van der Waals surface area contributed by atoms with Gasteiger partial charge in [-0.05, 0) is 42.7 Å². The molecule has 0 aromatic heterocycles. The van der Waals surface area contributed by atoms with Gasteiger partial charge < -0.3 is 15.0 Å². The number of hydrogen-bond acceptors (Lipinski definition) is 3. The number of amides is 2. The average molecular weight is 354 g/mol. The highest BCUT2D eigenvalue weighted by molar-refractivity contribution is 5.93. The topological polar surface area (TPSA) is 58.6 Å². The predicted molar refractivity (Wildman–Crippen MR) is 104 cm³/mol. The molecular weight excluding hydrogens is 328 g/mol. The van der Waals surface area contributed by atoms with Gasteiger partial charge in [-0.3, -0.25) is 9.59 Å². The highest BCUT2D eigenvalue weighted by Crippen LogP contribution is 2.19. The lowest BCUT2D eigenvalue weighted by Gasteiger charge is -2.22. The maximum absolute atomic E-state index is 12.1. The van der Waals surface area contributed by atoms with E-state index in [1.807, 2.05) is 55.5 Å². The second-order valence-electron chi connectivity index (χ2n) is 6.16. The van der Waals surface area contributed by atoms with E-state index in [2.05, 4.69) is 5.32 Å². The molecule has 0 bridgehead atoms. The fourth-order valence-corrected chi connectivity index (χ4v) is 2.75. The van der Waals surface area contributed by atoms with Crippen molar-refractivity contribution in [1.82, 2.24) is 5.32 Å². The van der Waals surface area contributed by atoms with E-state index < -0.39 is 0 Å². The van der Waals surface area contributed by atoms with Crippen LogP contribution >= 0.6 is 0 Å². The van der Waals surface area contributed by atoms with Crippen LogP contribution in [0.1, 0.15) is 24.5 Å². The van der Waals surface area contributed by atoms with Gasteiger partial charge in [-0.15, -0.1) is 0 Å². The molecule has 0 spiro atoms. The lowest BCUT2D eigenvalue weighted by Crippen LogP contribution is -2.34. The molecule has 2 aromatic rings. The summed E-state index contributed by atoms with van der Waals surface area (Å²) >= 11 is 0. The molecule has 2 amide bonds. The summed E-state index contributed by atoms with van der Waals surface area (Å²) in [4.78, 5) is 25.7. The van der Waals surface area contributed by atoms with Crippen molar-refractivity contribution in [3.8, 4) is 5.75 Å². The Morgan fingerprint density at radius 2 is 1.77 bits per heavy atom. The molecule has 0 atom stereocenters. The molecule has 0 aliphatic carbocycles. The van der Waals surface area contributed by atoms with Crippen molar-refractivity contribution in [2.75, 3.05) is 25.1 Å². The number of rotatable bonds is 8. The Kier molecular flexibility index (Phi) is 7.21. The van der Waals surface area contributed by atoms with Crippen molar-refractivity contribution in [2.45, 2.75) is 26.7 Å². The van der Waals surface area contributed by atoms with Gasteiger partial charge in [0.1, 0.15) is 5.75 Å². The van der Waals surface area contributed by atoms with Crippen LogP contribution in [0.15, 0.2) is 48.5 Å². The summed E-state index contributed by atoms with van der Waals surface area (Å²) in [5.41, 5.74) is 3.00. The molecule has 2 rings (SSSR count). The van der Waals surface area contributed by atoms with Crippen molar-refractivity contribution in [2.24, 2.45) is 0 Å². The van der Waals surface area contributed by atoms with Crippen LogP contribution < -0.4 is 15.0 Å². The summed E-state index contributed by atoms with van der Waals surface area (Å²) in [7, 11) is 1.64. The van der Waals surface area contributed by atoms with Crippen LogP contribution in [0.2, 0.25) is 0 Å². The Morgan fingerprint density at radius 3 is 2.38 bits per heavy atom. The van der Waals surface area contributed by atoms with Crippen LogP contribution in [0.25, 0.3) is 0 Å². The molecule has 26 heavy (non-hydrogen) atoms. The largest absolute Gasteiger partial charge is 0.497 e. The van der Waals surface area contributed by atoms with Gasteiger partial charge in [-0.25, -0.2) is 0 Å². The molecule has 0 saturated heterocycles. The van der Waals surface area contributed by atoms with Crippen molar-refractivity contribution < 1.29 is 14.3 Å². The Balaban J connectivity index is 1.81. The Morgan fingerprint density at radius 1 is 1.08 bits per heavy atom. The van der Waals surface area contributed by atoms with Crippen molar-refractivity contribution in [3.05, 3.63) is 59.7 Å². The third-order valence-electron chi connectivity index (χ3n) is 4.24. The molecule has 138 valence electrons. The maximum Gasteiger partial charge on any atom is 0.223 e. The first kappa shape index (κ1) is 19.5. The van der Waals surface area contributed by atoms with E-state index in [-0.39, 0.29) is 18.2 Å². The van der Waals surface area contributed by atoms with Crippen LogP contribution in [-0.2, 0) is 16.0 Å². The standard InChI is InChI=1S/C21H26N2O3/c1-16-6-4-5-7-20(16)23(17(2)24)15-13-21(25)22-14-12-18-8-10-19(26-3)11-9-18/h4-11H,12-15H2,1-3H3,(H,22,25). The molecule has 0 aliphatic rings. The first-order valence-electron chi connectivity index (χ1n) is 8.74. The highest BCUT2D eigenvalue weighted by Gasteiger charge is 2.14. The quantitative estimate of drug-likeness (QED) is 0.792. The summed E-state index contributed by atoms with van der Waals surface area (Å²) in [6.45, 7) is 4.42. The molecule has 0 unspecified atom stereocenters. The Labute approximate surface area is 155 Å². The fourth-order valence-electron chi connectivity index (χ4n) is 2.75. The minimum atomic E-state index is -0.0645. The molecule has 0 saturated carbocycles. The third-order valence-corrected chi connectivity index (χ3v) is 4.24. The van der Waals surface area contributed by atoms with Crippen molar-refractivity contribution in [3.63, 3.8) is 0 Å². The number of carbonyl (C=O) groups is 2. The van der Waals surface area contributed by atoms with Gasteiger partial charge in [-0.1, -0.05) is 30.3 Å². The van der Waals surface area contributed by atoms with E-state index in [0.717, 1.165) is 29.0 Å². The number of nitrogens with zero attached hydrogens (tertiary/aromatic N) is 1. The van der Waals surface area contributed by atoms with Gasteiger partial charge >= 0.3 is 0 Å². The second-order valence-corrected chi connectivity index (χ2v) is 6.16. The zero-order valence-electron chi connectivity index (χ0n) is 15.6. The van der Waals surface area contributed by atoms with E-state index in [9.17, 15) is 9.59 Å². The number of ether oxygens (including phenoxy) is 1. The molecule has 5 nitrogen and oxygen atoms in total. The van der Waals surface area contributed by atoms with Gasteiger partial charge in [0.15, 0.2) is 0 Å². The summed E-state index contributed by atoms with van der Waals surface area (Å²) < 4.78 is 5.13. The zero-order chi connectivity index (χ0) is 18.9.